The SMILES string of the molecule is CC1(C)CN(C(=O)CCC2CC2)CCC1N.Cl. The highest BCUT2D eigenvalue weighted by Gasteiger charge is 2.35. The third-order valence-corrected chi connectivity index (χ3v) is 4.13. The Kier molecular flexibility index (Phi) is 4.85. The molecule has 0 bridgehead atoms. The quantitative estimate of drug-likeness (QED) is 0.846. The van der Waals surface area contributed by atoms with Crippen LogP contribution >= 0.6 is 12.4 Å². The normalized spacial score (nSPS) is 27.5. The standard InChI is InChI=1S/C13H24N2O.ClH/c1-13(2)9-15(8-7-11(13)14)12(16)6-5-10-3-4-10;/h10-11H,3-9,14H2,1-2H3;1H. The second-order valence-electron chi connectivity index (χ2n) is 6.18. The summed E-state index contributed by atoms with van der Waals surface area (Å²) in [5.41, 5.74) is 6.15. The molecule has 3 nitrogen and oxygen atoms in total. The molecule has 0 aromatic heterocycles. The van der Waals surface area contributed by atoms with E-state index in [1.165, 1.54) is 12.8 Å². The predicted octanol–water partition coefficient (Wildman–Crippen LogP) is 2.18. The van der Waals surface area contributed by atoms with Crippen LogP contribution in [0.3, 0.4) is 0 Å². The van der Waals surface area contributed by atoms with Gasteiger partial charge in [-0.25, -0.2) is 0 Å². The van der Waals surface area contributed by atoms with Gasteiger partial charge in [-0.15, -0.1) is 12.4 Å². The molecular formula is C13H25ClN2O. The fraction of sp³-hybridized carbons (Fsp3) is 0.923. The molecule has 100 valence electrons. The molecule has 0 aromatic carbocycles. The van der Waals surface area contributed by atoms with Gasteiger partial charge in [-0.1, -0.05) is 26.7 Å². The van der Waals surface area contributed by atoms with Crippen molar-refractivity contribution in [2.45, 2.75) is 52.0 Å². The topological polar surface area (TPSA) is 46.3 Å². The average Bonchev–Trinajstić information content (AvgIpc) is 3.02. The van der Waals surface area contributed by atoms with Crippen LogP contribution in [0.25, 0.3) is 0 Å². The lowest BCUT2D eigenvalue weighted by Gasteiger charge is -2.42. The summed E-state index contributed by atoms with van der Waals surface area (Å²) in [7, 11) is 0. The van der Waals surface area contributed by atoms with E-state index in [0.29, 0.717) is 5.91 Å². The molecule has 0 radical (unpaired) electrons. The van der Waals surface area contributed by atoms with Crippen LogP contribution in [0.15, 0.2) is 0 Å². The average molecular weight is 261 g/mol. The largest absolute Gasteiger partial charge is 0.342 e. The number of nitrogens with two attached hydrogens (primary N) is 1. The minimum atomic E-state index is 0. The number of hydrogen-bond acceptors (Lipinski definition) is 2. The van der Waals surface area contributed by atoms with E-state index in [1.807, 2.05) is 4.90 Å². The van der Waals surface area contributed by atoms with Crippen LogP contribution < -0.4 is 5.73 Å². The number of likely N-dealkylation sites (tertiary alicyclic amines) is 1. The van der Waals surface area contributed by atoms with Gasteiger partial charge < -0.3 is 10.6 Å². The zero-order valence-corrected chi connectivity index (χ0v) is 11.8. The van der Waals surface area contributed by atoms with E-state index >= 15 is 0 Å². The Hall–Kier alpha value is -0.280. The number of nitrogens with zero attached hydrogens (tertiary/aromatic N) is 1. The number of amides is 1. The highest BCUT2D eigenvalue weighted by molar-refractivity contribution is 5.85. The Morgan fingerprint density at radius 2 is 2.00 bits per heavy atom. The predicted molar refractivity (Wildman–Crippen MR) is 72.2 cm³/mol. The molecule has 17 heavy (non-hydrogen) atoms. The fourth-order valence-electron chi connectivity index (χ4n) is 2.48. The number of carbonyl (C=O) groups is 1. The number of piperidine rings is 1. The summed E-state index contributed by atoms with van der Waals surface area (Å²) in [4.78, 5) is 14.0. The Morgan fingerprint density at radius 3 is 2.53 bits per heavy atom. The molecule has 1 heterocycles. The first-order valence-corrected chi connectivity index (χ1v) is 6.52. The van der Waals surface area contributed by atoms with E-state index in [9.17, 15) is 4.79 Å². The summed E-state index contributed by atoms with van der Waals surface area (Å²) in [6.45, 7) is 6.02. The molecule has 0 aromatic rings. The van der Waals surface area contributed by atoms with Gasteiger partial charge in [-0.05, 0) is 24.2 Å². The number of halogens is 1. The number of rotatable bonds is 3. The second-order valence-corrected chi connectivity index (χ2v) is 6.18. The van der Waals surface area contributed by atoms with Crippen LogP contribution in [0, 0.1) is 11.3 Å². The van der Waals surface area contributed by atoms with E-state index in [1.54, 1.807) is 0 Å². The van der Waals surface area contributed by atoms with Crippen LogP contribution in [0.5, 0.6) is 0 Å². The van der Waals surface area contributed by atoms with Crippen molar-refractivity contribution in [3.05, 3.63) is 0 Å². The molecule has 2 fully saturated rings. The zero-order chi connectivity index (χ0) is 11.8. The summed E-state index contributed by atoms with van der Waals surface area (Å²) in [6, 6.07) is 0.236. The van der Waals surface area contributed by atoms with Crippen molar-refractivity contribution in [1.82, 2.24) is 4.90 Å². The summed E-state index contributed by atoms with van der Waals surface area (Å²) in [6.07, 6.45) is 5.47. The lowest BCUT2D eigenvalue weighted by atomic mass is 9.79. The lowest BCUT2D eigenvalue weighted by molar-refractivity contribution is -0.134. The van der Waals surface area contributed by atoms with Gasteiger partial charge in [0.1, 0.15) is 0 Å². The van der Waals surface area contributed by atoms with E-state index in [0.717, 1.165) is 38.3 Å². The molecule has 1 aliphatic heterocycles. The highest BCUT2D eigenvalue weighted by atomic mass is 35.5. The van der Waals surface area contributed by atoms with Crippen molar-refractivity contribution in [3.8, 4) is 0 Å². The van der Waals surface area contributed by atoms with E-state index < -0.39 is 0 Å². The molecule has 1 amide bonds. The molecule has 2 N–H and O–H groups in total. The Morgan fingerprint density at radius 1 is 1.35 bits per heavy atom. The number of hydrogen-bond donors (Lipinski definition) is 1. The Balaban J connectivity index is 0.00000144. The van der Waals surface area contributed by atoms with Crippen molar-refractivity contribution in [2.24, 2.45) is 17.1 Å². The third-order valence-electron chi connectivity index (χ3n) is 4.13. The summed E-state index contributed by atoms with van der Waals surface area (Å²) < 4.78 is 0. The van der Waals surface area contributed by atoms with Crippen molar-refractivity contribution in [2.75, 3.05) is 13.1 Å². The van der Waals surface area contributed by atoms with E-state index in [2.05, 4.69) is 13.8 Å². The van der Waals surface area contributed by atoms with Crippen LogP contribution in [0.4, 0.5) is 0 Å². The maximum absolute atomic E-state index is 12.0. The highest BCUT2D eigenvalue weighted by Crippen LogP contribution is 2.34. The molecule has 1 saturated carbocycles. The molecule has 1 aliphatic carbocycles. The Bertz CT molecular complexity index is 277. The molecule has 1 atom stereocenters. The van der Waals surface area contributed by atoms with Gasteiger partial charge in [0.15, 0.2) is 0 Å². The van der Waals surface area contributed by atoms with Gasteiger partial charge in [0.25, 0.3) is 0 Å². The fourth-order valence-corrected chi connectivity index (χ4v) is 2.48. The zero-order valence-electron chi connectivity index (χ0n) is 10.9. The minimum absolute atomic E-state index is 0. The molecular weight excluding hydrogens is 236 g/mol. The van der Waals surface area contributed by atoms with Crippen LogP contribution in [0.2, 0.25) is 0 Å². The molecule has 0 spiro atoms. The smallest absolute Gasteiger partial charge is 0.222 e. The molecule has 2 aliphatic rings. The summed E-state index contributed by atoms with van der Waals surface area (Å²) >= 11 is 0. The summed E-state index contributed by atoms with van der Waals surface area (Å²) in [5.74, 6) is 1.19. The van der Waals surface area contributed by atoms with Gasteiger partial charge in [0.2, 0.25) is 5.91 Å². The monoisotopic (exact) mass is 260 g/mol. The molecule has 4 heteroatoms. The van der Waals surface area contributed by atoms with Gasteiger partial charge in [0.05, 0.1) is 0 Å². The van der Waals surface area contributed by atoms with Crippen LogP contribution in [0.1, 0.15) is 46.0 Å². The van der Waals surface area contributed by atoms with Gasteiger partial charge in [-0.2, -0.15) is 0 Å². The van der Waals surface area contributed by atoms with E-state index in [4.69, 9.17) is 5.73 Å². The Labute approximate surface area is 111 Å². The van der Waals surface area contributed by atoms with Crippen molar-refractivity contribution in [3.63, 3.8) is 0 Å². The maximum Gasteiger partial charge on any atom is 0.222 e. The van der Waals surface area contributed by atoms with Crippen LogP contribution in [-0.2, 0) is 4.79 Å². The molecule has 1 saturated heterocycles. The third kappa shape index (κ3) is 3.85. The second kappa shape index (κ2) is 5.57. The minimum Gasteiger partial charge on any atom is -0.342 e. The van der Waals surface area contributed by atoms with Gasteiger partial charge >= 0.3 is 0 Å². The maximum atomic E-state index is 12.0. The van der Waals surface area contributed by atoms with Gasteiger partial charge in [-0.3, -0.25) is 4.79 Å². The van der Waals surface area contributed by atoms with Crippen molar-refractivity contribution < 1.29 is 4.79 Å². The van der Waals surface area contributed by atoms with Gasteiger partial charge in [0, 0.05) is 25.6 Å². The first-order chi connectivity index (χ1) is 7.49. The lowest BCUT2D eigenvalue weighted by Crippen LogP contribution is -2.53. The first-order valence-electron chi connectivity index (χ1n) is 6.52. The summed E-state index contributed by atoms with van der Waals surface area (Å²) in [5, 5.41) is 0. The van der Waals surface area contributed by atoms with Crippen molar-refractivity contribution in [1.29, 1.82) is 0 Å². The molecule has 2 rings (SSSR count). The molecule has 1 unspecified atom stereocenters. The van der Waals surface area contributed by atoms with Crippen LogP contribution in [-0.4, -0.2) is 29.9 Å². The van der Waals surface area contributed by atoms with Crippen molar-refractivity contribution >= 4 is 18.3 Å². The number of carbonyl (C=O) groups excluding carboxylic acids is 1. The van der Waals surface area contributed by atoms with E-state index in [-0.39, 0.29) is 23.9 Å². The first kappa shape index (κ1) is 14.8.